The molecule has 0 aromatic carbocycles. The highest BCUT2D eigenvalue weighted by molar-refractivity contribution is 8.21. The van der Waals surface area contributed by atoms with Crippen LogP contribution in [0.25, 0.3) is 0 Å². The summed E-state index contributed by atoms with van der Waals surface area (Å²) in [4.78, 5) is 10.9. The van der Waals surface area contributed by atoms with Crippen LogP contribution in [0.5, 0.6) is 0 Å². The number of halogens is 1. The Morgan fingerprint density at radius 1 is 1.50 bits per heavy atom. The zero-order valence-corrected chi connectivity index (χ0v) is 8.07. The summed E-state index contributed by atoms with van der Waals surface area (Å²) in [6.07, 6.45) is 0. The van der Waals surface area contributed by atoms with Gasteiger partial charge in [-0.25, -0.2) is 0 Å². The number of hydrogen-bond acceptors (Lipinski definition) is 3. The Balaban J connectivity index is 0.000000810. The Bertz CT molecular complexity index is 116. The molecule has 5 heteroatoms. The number of hydrogen-bond donors (Lipinski definition) is 1. The molecule has 0 atom stereocenters. The van der Waals surface area contributed by atoms with E-state index in [-0.39, 0.29) is 22.9 Å². The number of nitrogens with one attached hydrogen (secondary N) is 1. The van der Waals surface area contributed by atoms with Gasteiger partial charge in [-0.1, -0.05) is 0 Å². The van der Waals surface area contributed by atoms with Crippen LogP contribution >= 0.6 is 35.9 Å². The first-order valence-electron chi connectivity index (χ1n) is 2.79. The third-order valence-electron chi connectivity index (χ3n) is 1.08. The van der Waals surface area contributed by atoms with Crippen molar-refractivity contribution in [1.29, 1.82) is 0 Å². The van der Waals surface area contributed by atoms with Gasteiger partial charge in [0, 0.05) is 18.6 Å². The van der Waals surface area contributed by atoms with E-state index < -0.39 is 0 Å². The summed E-state index contributed by atoms with van der Waals surface area (Å²) < 4.78 is 0.162. The van der Waals surface area contributed by atoms with Crippen LogP contribution in [0, 0.1) is 0 Å². The lowest BCUT2D eigenvalue weighted by Crippen LogP contribution is -2.25. The van der Waals surface area contributed by atoms with Gasteiger partial charge < -0.3 is 5.32 Å². The number of carbonyl (C=O) groups excluding carboxylic acids is 1. The number of rotatable bonds is 1. The van der Waals surface area contributed by atoms with Crippen LogP contribution in [0.4, 0.5) is 0 Å². The lowest BCUT2D eigenvalue weighted by atomic mass is 10.7. The van der Waals surface area contributed by atoms with Crippen LogP contribution in [0.3, 0.4) is 0 Å². The van der Waals surface area contributed by atoms with Crippen molar-refractivity contribution in [3.8, 4) is 0 Å². The maximum atomic E-state index is 10.9. The second-order valence-electron chi connectivity index (χ2n) is 1.69. The molecule has 1 heterocycles. The number of thioether (sulfide) groups is 2. The van der Waals surface area contributed by atoms with E-state index in [1.54, 1.807) is 30.6 Å². The maximum Gasteiger partial charge on any atom is 0.243 e. The highest BCUT2D eigenvalue weighted by Gasteiger charge is 2.22. The van der Waals surface area contributed by atoms with E-state index in [1.165, 1.54) is 0 Å². The third kappa shape index (κ3) is 2.60. The number of carbonyl (C=O) groups is 1. The fourth-order valence-electron chi connectivity index (χ4n) is 0.628. The largest absolute Gasteiger partial charge is 0.357 e. The molecule has 0 radical (unpaired) electrons. The summed E-state index contributed by atoms with van der Waals surface area (Å²) in [7, 11) is 1.68. The molecule has 1 fully saturated rings. The first kappa shape index (κ1) is 10.5. The standard InChI is InChI=1S/C5H9NOS2.ClH/c1-6-4(7)5-8-2-3-9-5;/h5H,2-3H2,1H3,(H,6,7);1H. The lowest BCUT2D eigenvalue weighted by molar-refractivity contribution is -0.118. The molecule has 1 rings (SSSR count). The minimum Gasteiger partial charge on any atom is -0.357 e. The van der Waals surface area contributed by atoms with Crippen molar-refractivity contribution in [2.75, 3.05) is 18.6 Å². The molecule has 60 valence electrons. The smallest absolute Gasteiger partial charge is 0.243 e. The van der Waals surface area contributed by atoms with E-state index in [0.717, 1.165) is 11.5 Å². The molecule has 0 aliphatic carbocycles. The zero-order valence-electron chi connectivity index (χ0n) is 5.62. The van der Waals surface area contributed by atoms with Gasteiger partial charge in [0.05, 0.1) is 0 Å². The number of amides is 1. The molecule has 2 nitrogen and oxygen atoms in total. The second-order valence-corrected chi connectivity index (χ2v) is 4.41. The Morgan fingerprint density at radius 3 is 2.40 bits per heavy atom. The van der Waals surface area contributed by atoms with Crippen molar-refractivity contribution in [3.05, 3.63) is 0 Å². The van der Waals surface area contributed by atoms with Crippen LogP contribution in [-0.2, 0) is 4.79 Å². The van der Waals surface area contributed by atoms with E-state index >= 15 is 0 Å². The van der Waals surface area contributed by atoms with Gasteiger partial charge in [0.15, 0.2) is 0 Å². The van der Waals surface area contributed by atoms with E-state index in [9.17, 15) is 4.79 Å². The monoisotopic (exact) mass is 199 g/mol. The summed E-state index contributed by atoms with van der Waals surface area (Å²) in [5, 5.41) is 2.63. The molecule has 1 saturated heterocycles. The molecule has 1 aliphatic rings. The highest BCUT2D eigenvalue weighted by Crippen LogP contribution is 2.31. The SMILES string of the molecule is CNC(=O)C1SCCS1.Cl. The van der Waals surface area contributed by atoms with Crippen molar-refractivity contribution in [3.63, 3.8) is 0 Å². The van der Waals surface area contributed by atoms with Gasteiger partial charge in [0.1, 0.15) is 4.58 Å². The van der Waals surface area contributed by atoms with Crippen LogP contribution in [0.15, 0.2) is 0 Å². The van der Waals surface area contributed by atoms with Crippen molar-refractivity contribution < 1.29 is 4.79 Å². The second kappa shape index (κ2) is 5.16. The molecule has 0 saturated carbocycles. The van der Waals surface area contributed by atoms with Crippen molar-refractivity contribution >= 4 is 41.8 Å². The minimum atomic E-state index is 0. The lowest BCUT2D eigenvalue weighted by Gasteiger charge is -2.03. The van der Waals surface area contributed by atoms with Gasteiger partial charge in [0.25, 0.3) is 0 Å². The predicted molar refractivity (Wildman–Crippen MR) is 50.0 cm³/mol. The van der Waals surface area contributed by atoms with Crippen molar-refractivity contribution in [1.82, 2.24) is 5.32 Å². The quantitative estimate of drug-likeness (QED) is 0.682. The van der Waals surface area contributed by atoms with Gasteiger partial charge in [-0.2, -0.15) is 0 Å². The van der Waals surface area contributed by atoms with E-state index in [0.29, 0.717) is 0 Å². The summed E-state index contributed by atoms with van der Waals surface area (Å²) in [6, 6.07) is 0. The van der Waals surface area contributed by atoms with Gasteiger partial charge in [-0.3, -0.25) is 4.79 Å². The summed E-state index contributed by atoms with van der Waals surface area (Å²) in [5.74, 6) is 2.38. The first-order valence-corrected chi connectivity index (χ1v) is 4.89. The van der Waals surface area contributed by atoms with E-state index in [2.05, 4.69) is 5.32 Å². The topological polar surface area (TPSA) is 29.1 Å². The van der Waals surface area contributed by atoms with Gasteiger partial charge in [0.2, 0.25) is 5.91 Å². The molecule has 0 bridgehead atoms. The molecule has 1 N–H and O–H groups in total. The van der Waals surface area contributed by atoms with E-state index in [4.69, 9.17) is 0 Å². The highest BCUT2D eigenvalue weighted by atomic mass is 35.5. The molecule has 0 unspecified atom stereocenters. The predicted octanol–water partition coefficient (Wildman–Crippen LogP) is 0.960. The molecule has 1 amide bonds. The minimum absolute atomic E-state index is 0. The summed E-state index contributed by atoms with van der Waals surface area (Å²) in [5.41, 5.74) is 0. The molecule has 10 heavy (non-hydrogen) atoms. The van der Waals surface area contributed by atoms with E-state index in [1.807, 2.05) is 0 Å². The van der Waals surface area contributed by atoms with Crippen LogP contribution in [-0.4, -0.2) is 29.0 Å². The Kier molecular flexibility index (Phi) is 5.39. The molecule has 0 aromatic rings. The fourth-order valence-corrected chi connectivity index (χ4v) is 3.33. The Hall–Kier alpha value is 0.460. The molecule has 1 aliphatic heterocycles. The van der Waals surface area contributed by atoms with Crippen molar-refractivity contribution in [2.24, 2.45) is 0 Å². The summed E-state index contributed by atoms with van der Waals surface area (Å²) >= 11 is 3.45. The fraction of sp³-hybridized carbons (Fsp3) is 0.800. The Labute approximate surface area is 75.3 Å². The maximum absolute atomic E-state index is 10.9. The average molecular weight is 200 g/mol. The normalized spacial score (nSPS) is 18.1. The van der Waals surface area contributed by atoms with Crippen molar-refractivity contribution in [2.45, 2.75) is 4.58 Å². The van der Waals surface area contributed by atoms with Gasteiger partial charge >= 0.3 is 0 Å². The third-order valence-corrected chi connectivity index (χ3v) is 4.07. The van der Waals surface area contributed by atoms with Crippen LogP contribution in [0.2, 0.25) is 0 Å². The first-order chi connectivity index (χ1) is 4.34. The zero-order chi connectivity index (χ0) is 6.69. The summed E-state index contributed by atoms with van der Waals surface area (Å²) in [6.45, 7) is 0. The average Bonchev–Trinajstić information content (AvgIpc) is 2.37. The van der Waals surface area contributed by atoms with Crippen LogP contribution < -0.4 is 5.32 Å². The molecular weight excluding hydrogens is 190 g/mol. The molecule has 0 aromatic heterocycles. The van der Waals surface area contributed by atoms with Gasteiger partial charge in [-0.15, -0.1) is 35.9 Å². The molecular formula is C5H10ClNOS2. The Morgan fingerprint density at radius 2 is 2.00 bits per heavy atom. The van der Waals surface area contributed by atoms with Gasteiger partial charge in [-0.05, 0) is 0 Å². The molecule has 0 spiro atoms. The van der Waals surface area contributed by atoms with Crippen LogP contribution in [0.1, 0.15) is 0 Å².